The molecule has 1 amide bonds. The van der Waals surface area contributed by atoms with Crippen molar-refractivity contribution in [3.05, 3.63) is 46.6 Å². The van der Waals surface area contributed by atoms with E-state index in [1.54, 1.807) is 25.5 Å². The molecule has 36 heavy (non-hydrogen) atoms. The van der Waals surface area contributed by atoms with Gasteiger partial charge < -0.3 is 18.9 Å². The van der Waals surface area contributed by atoms with Gasteiger partial charge in [0.05, 0.1) is 12.2 Å². The monoisotopic (exact) mass is 555 g/mol. The van der Waals surface area contributed by atoms with E-state index in [1.807, 2.05) is 0 Å². The van der Waals surface area contributed by atoms with Crippen molar-refractivity contribution < 1.29 is 45.3 Å². The van der Waals surface area contributed by atoms with Crippen molar-refractivity contribution in [1.82, 2.24) is 14.4 Å². The van der Waals surface area contributed by atoms with Crippen molar-refractivity contribution in [1.29, 1.82) is 0 Å². The molecule has 0 aliphatic heterocycles. The number of benzene rings is 1. The number of methoxy groups -OCH3 is 1. The Morgan fingerprint density at radius 1 is 1.14 bits per heavy atom. The minimum absolute atomic E-state index is 0.0115. The lowest BCUT2D eigenvalue weighted by Crippen LogP contribution is -2.48. The third-order valence-electron chi connectivity index (χ3n) is 3.95. The Labute approximate surface area is 211 Å². The molecule has 15 heteroatoms. The molecule has 0 fully saturated rings. The van der Waals surface area contributed by atoms with E-state index in [9.17, 15) is 26.4 Å². The Kier molecular flexibility index (Phi) is 9.77. The van der Waals surface area contributed by atoms with E-state index in [2.05, 4.69) is 9.71 Å². The standard InChI is InChI=1S/C21H25ClF3N3O7S/c1-20(2,3)28-36(30,31)27-19(29)34-12-13-5-6-15(33-8-7-32-4)10-17(13)35-18-16(22)9-14(11-26-18)21(23,24)25/h5-6,9-11,28H,7-8,12H2,1-4H3,(H,27,29). The molecule has 1 aromatic carbocycles. The van der Waals surface area contributed by atoms with Crippen molar-refractivity contribution in [3.8, 4) is 17.4 Å². The van der Waals surface area contributed by atoms with Crippen LogP contribution in [0.25, 0.3) is 0 Å². The minimum Gasteiger partial charge on any atom is -0.491 e. The highest BCUT2D eigenvalue weighted by Gasteiger charge is 2.32. The number of nitrogens with zero attached hydrogens (tertiary/aromatic N) is 1. The molecule has 0 saturated carbocycles. The van der Waals surface area contributed by atoms with Crippen LogP contribution >= 0.6 is 11.6 Å². The fraction of sp³-hybridized carbons (Fsp3) is 0.429. The molecule has 0 aliphatic rings. The summed E-state index contributed by atoms with van der Waals surface area (Å²) in [5.74, 6) is -0.0563. The van der Waals surface area contributed by atoms with E-state index in [1.165, 1.54) is 25.3 Å². The Balaban J connectivity index is 2.24. The van der Waals surface area contributed by atoms with Gasteiger partial charge in [-0.15, -0.1) is 0 Å². The molecule has 0 spiro atoms. The van der Waals surface area contributed by atoms with Crippen LogP contribution in [0.5, 0.6) is 17.4 Å². The molecule has 2 aromatic rings. The lowest BCUT2D eigenvalue weighted by atomic mass is 10.1. The van der Waals surface area contributed by atoms with Gasteiger partial charge in [0, 0.05) is 30.5 Å². The lowest BCUT2D eigenvalue weighted by Gasteiger charge is -2.20. The maximum Gasteiger partial charge on any atom is 0.422 e. The fourth-order valence-corrected chi connectivity index (χ4v) is 3.89. The summed E-state index contributed by atoms with van der Waals surface area (Å²) in [5, 5.41) is -0.417. The molecule has 1 heterocycles. The third kappa shape index (κ3) is 9.68. The van der Waals surface area contributed by atoms with Gasteiger partial charge in [-0.2, -0.15) is 26.3 Å². The molecule has 2 rings (SSSR count). The number of hydrogen-bond donors (Lipinski definition) is 2. The normalized spacial score (nSPS) is 12.2. The van der Waals surface area contributed by atoms with Gasteiger partial charge in [0.15, 0.2) is 0 Å². The lowest BCUT2D eigenvalue weighted by molar-refractivity contribution is -0.137. The summed E-state index contributed by atoms with van der Waals surface area (Å²) in [5.41, 5.74) is -1.70. The molecule has 0 bridgehead atoms. The molecule has 10 nitrogen and oxygen atoms in total. The zero-order chi connectivity index (χ0) is 27.1. The summed E-state index contributed by atoms with van der Waals surface area (Å²) in [7, 11) is -2.71. The van der Waals surface area contributed by atoms with Crippen molar-refractivity contribution in [2.75, 3.05) is 20.3 Å². The number of halogens is 4. The third-order valence-corrected chi connectivity index (χ3v) is 5.54. The van der Waals surface area contributed by atoms with Crippen LogP contribution in [0.15, 0.2) is 30.5 Å². The number of nitrogens with one attached hydrogen (secondary N) is 2. The van der Waals surface area contributed by atoms with Gasteiger partial charge in [-0.25, -0.2) is 14.5 Å². The van der Waals surface area contributed by atoms with Crippen molar-refractivity contribution in [3.63, 3.8) is 0 Å². The first-order chi connectivity index (χ1) is 16.6. The first-order valence-electron chi connectivity index (χ1n) is 10.2. The summed E-state index contributed by atoms with van der Waals surface area (Å²) >= 11 is 5.93. The van der Waals surface area contributed by atoms with Gasteiger partial charge in [-0.05, 0) is 39.0 Å². The number of amides is 1. The molecule has 2 N–H and O–H groups in total. The van der Waals surface area contributed by atoms with Crippen LogP contribution in [0.3, 0.4) is 0 Å². The molecule has 0 atom stereocenters. The maximum absolute atomic E-state index is 12.9. The maximum atomic E-state index is 12.9. The molecule has 200 valence electrons. The SMILES string of the molecule is COCCOc1ccc(COC(=O)NS(=O)(=O)NC(C)(C)C)c(Oc2ncc(C(F)(F)F)cc2Cl)c1. The first kappa shape index (κ1) is 29.4. The molecule has 0 saturated heterocycles. The number of ether oxygens (including phenoxy) is 4. The Bertz CT molecular complexity index is 1170. The van der Waals surface area contributed by atoms with Crippen LogP contribution in [0.4, 0.5) is 18.0 Å². The van der Waals surface area contributed by atoms with Crippen molar-refractivity contribution in [2.24, 2.45) is 0 Å². The molecular formula is C21H25ClF3N3O7S. The zero-order valence-corrected chi connectivity index (χ0v) is 21.3. The quantitative estimate of drug-likeness (QED) is 0.412. The van der Waals surface area contributed by atoms with Crippen LogP contribution in [0.2, 0.25) is 5.02 Å². The van der Waals surface area contributed by atoms with Gasteiger partial charge in [-0.3, -0.25) is 0 Å². The van der Waals surface area contributed by atoms with Crippen LogP contribution in [-0.2, 0) is 32.5 Å². The minimum atomic E-state index is -4.65. The largest absolute Gasteiger partial charge is 0.491 e. The van der Waals surface area contributed by atoms with E-state index in [4.69, 9.17) is 30.5 Å². The second-order valence-electron chi connectivity index (χ2n) is 8.26. The number of carbonyl (C=O) groups is 1. The average Bonchev–Trinajstić information content (AvgIpc) is 2.72. The van der Waals surface area contributed by atoms with Gasteiger partial charge in [0.25, 0.3) is 0 Å². The first-order valence-corrected chi connectivity index (χ1v) is 12.1. The van der Waals surface area contributed by atoms with Crippen molar-refractivity contribution in [2.45, 2.75) is 39.1 Å². The highest BCUT2D eigenvalue weighted by atomic mass is 35.5. The second-order valence-corrected chi connectivity index (χ2v) is 10.1. The second kappa shape index (κ2) is 12.0. The highest BCUT2D eigenvalue weighted by Crippen LogP contribution is 2.36. The number of aromatic nitrogens is 1. The van der Waals surface area contributed by atoms with Crippen LogP contribution in [-0.4, -0.2) is 45.4 Å². The van der Waals surface area contributed by atoms with Gasteiger partial charge >= 0.3 is 22.5 Å². The Hall–Kier alpha value is -2.81. The van der Waals surface area contributed by atoms with E-state index in [-0.39, 0.29) is 30.4 Å². The Morgan fingerprint density at radius 3 is 2.42 bits per heavy atom. The average molecular weight is 556 g/mol. The Morgan fingerprint density at radius 2 is 1.83 bits per heavy atom. The van der Waals surface area contributed by atoms with Crippen molar-refractivity contribution >= 4 is 27.9 Å². The summed E-state index contributed by atoms with van der Waals surface area (Å²) in [6.45, 7) is 4.74. The fourth-order valence-electron chi connectivity index (χ4n) is 2.55. The molecule has 0 aliphatic carbocycles. The molecular weight excluding hydrogens is 531 g/mol. The number of rotatable bonds is 10. The molecule has 0 radical (unpaired) electrons. The topological polar surface area (TPSA) is 125 Å². The molecule has 1 aromatic heterocycles. The van der Waals surface area contributed by atoms with Crippen LogP contribution < -0.4 is 18.9 Å². The summed E-state index contributed by atoms with van der Waals surface area (Å²) in [4.78, 5) is 15.7. The van der Waals surface area contributed by atoms with Gasteiger partial charge in [0.1, 0.15) is 29.7 Å². The smallest absolute Gasteiger partial charge is 0.422 e. The molecule has 0 unspecified atom stereocenters. The van der Waals surface area contributed by atoms with E-state index >= 15 is 0 Å². The van der Waals surface area contributed by atoms with Gasteiger partial charge in [-0.1, -0.05) is 11.6 Å². The van der Waals surface area contributed by atoms with E-state index < -0.39 is 45.2 Å². The van der Waals surface area contributed by atoms with Crippen LogP contribution in [0, 0.1) is 0 Å². The predicted molar refractivity (Wildman–Crippen MR) is 123 cm³/mol. The van der Waals surface area contributed by atoms with E-state index in [0.29, 0.717) is 18.0 Å². The highest BCUT2D eigenvalue weighted by molar-refractivity contribution is 7.88. The summed E-state index contributed by atoms with van der Waals surface area (Å²) in [6, 6.07) is 4.99. The number of hydrogen-bond acceptors (Lipinski definition) is 8. The van der Waals surface area contributed by atoms with E-state index in [0.717, 1.165) is 0 Å². The zero-order valence-electron chi connectivity index (χ0n) is 19.7. The summed E-state index contributed by atoms with van der Waals surface area (Å²) in [6.07, 6.45) is -5.38. The number of pyridine rings is 1. The number of carbonyl (C=O) groups excluding carboxylic acids is 1. The predicted octanol–water partition coefficient (Wildman–Crippen LogP) is 4.43. The van der Waals surface area contributed by atoms with Gasteiger partial charge in [0.2, 0.25) is 5.88 Å². The summed E-state index contributed by atoms with van der Waals surface area (Å²) < 4.78 is 87.6. The van der Waals surface area contributed by atoms with Crippen LogP contribution in [0.1, 0.15) is 31.9 Å². The number of alkyl halides is 3.